The molecular formula is C18H20N4O2. The summed E-state index contributed by atoms with van der Waals surface area (Å²) < 4.78 is 6.83. The highest BCUT2D eigenvalue weighted by atomic mass is 16.5. The quantitative estimate of drug-likeness (QED) is 0.803. The number of H-pyrrole nitrogens is 1. The predicted octanol–water partition coefficient (Wildman–Crippen LogP) is 2.37. The van der Waals surface area contributed by atoms with Crippen LogP contribution in [0.25, 0.3) is 5.65 Å². The predicted molar refractivity (Wildman–Crippen MR) is 92.8 cm³/mol. The maximum atomic E-state index is 12.2. The van der Waals surface area contributed by atoms with Gasteiger partial charge >= 0.3 is 0 Å². The standard InChI is InChI=1S/C18H20N4O2/c1-24-15-6-5-13-4-2-3-9-21(16(13)11-15)12-14-10-18(23)22-17(20-14)7-8-19-22/h5-8,10-11,19H,2-4,9,12H2,1H3. The van der Waals surface area contributed by atoms with Crippen LogP contribution in [0.15, 0.2) is 41.3 Å². The first-order chi connectivity index (χ1) is 11.7. The molecule has 0 bridgehead atoms. The van der Waals surface area contributed by atoms with Gasteiger partial charge in [0.2, 0.25) is 0 Å². The third kappa shape index (κ3) is 2.64. The van der Waals surface area contributed by atoms with Gasteiger partial charge in [-0.25, -0.2) is 9.50 Å². The molecule has 124 valence electrons. The molecule has 4 rings (SSSR count). The monoisotopic (exact) mass is 324 g/mol. The second-order valence-corrected chi connectivity index (χ2v) is 6.12. The third-order valence-corrected chi connectivity index (χ3v) is 4.54. The molecule has 1 N–H and O–H groups in total. The largest absolute Gasteiger partial charge is 0.497 e. The van der Waals surface area contributed by atoms with Crippen molar-refractivity contribution in [2.24, 2.45) is 0 Å². The van der Waals surface area contributed by atoms with Crippen molar-refractivity contribution in [2.45, 2.75) is 25.8 Å². The van der Waals surface area contributed by atoms with Crippen LogP contribution in [-0.2, 0) is 13.0 Å². The molecule has 1 aliphatic heterocycles. The van der Waals surface area contributed by atoms with Gasteiger partial charge in [0.15, 0.2) is 5.65 Å². The van der Waals surface area contributed by atoms with Crippen LogP contribution in [0.1, 0.15) is 24.1 Å². The zero-order valence-corrected chi connectivity index (χ0v) is 13.7. The van der Waals surface area contributed by atoms with E-state index in [-0.39, 0.29) is 5.56 Å². The average Bonchev–Trinajstić information content (AvgIpc) is 2.98. The van der Waals surface area contributed by atoms with E-state index in [1.807, 2.05) is 12.1 Å². The Morgan fingerprint density at radius 3 is 3.04 bits per heavy atom. The van der Waals surface area contributed by atoms with Crippen LogP contribution in [0, 0.1) is 0 Å². The van der Waals surface area contributed by atoms with Gasteiger partial charge in [-0.15, -0.1) is 0 Å². The summed E-state index contributed by atoms with van der Waals surface area (Å²) in [6.07, 6.45) is 5.09. The van der Waals surface area contributed by atoms with E-state index in [4.69, 9.17) is 4.74 Å². The van der Waals surface area contributed by atoms with E-state index in [0.29, 0.717) is 12.2 Å². The molecule has 0 radical (unpaired) electrons. The van der Waals surface area contributed by atoms with Gasteiger partial charge in [0.25, 0.3) is 5.56 Å². The summed E-state index contributed by atoms with van der Waals surface area (Å²) in [5.41, 5.74) is 3.87. The SMILES string of the molecule is COc1ccc2c(c1)N(Cc1cc(=O)n3[nH]ccc3n1)CCCC2. The first-order valence-electron chi connectivity index (χ1n) is 8.22. The van der Waals surface area contributed by atoms with Crippen LogP contribution in [0.3, 0.4) is 0 Å². The number of hydrogen-bond acceptors (Lipinski definition) is 4. The Morgan fingerprint density at radius 2 is 2.17 bits per heavy atom. The number of aromatic amines is 1. The molecule has 3 aromatic rings. The average molecular weight is 324 g/mol. The highest BCUT2D eigenvalue weighted by Crippen LogP contribution is 2.31. The number of nitrogens with one attached hydrogen (secondary N) is 1. The fourth-order valence-electron chi connectivity index (χ4n) is 3.33. The van der Waals surface area contributed by atoms with E-state index >= 15 is 0 Å². The fourth-order valence-corrected chi connectivity index (χ4v) is 3.33. The Bertz CT molecular complexity index is 928. The molecule has 0 fully saturated rings. The van der Waals surface area contributed by atoms with E-state index < -0.39 is 0 Å². The van der Waals surface area contributed by atoms with E-state index in [1.54, 1.807) is 19.4 Å². The van der Waals surface area contributed by atoms with Crippen LogP contribution in [-0.4, -0.2) is 28.3 Å². The van der Waals surface area contributed by atoms with Crippen molar-refractivity contribution < 1.29 is 4.74 Å². The summed E-state index contributed by atoms with van der Waals surface area (Å²) in [6.45, 7) is 1.57. The molecule has 0 atom stereocenters. The molecule has 6 heteroatoms. The molecule has 0 unspecified atom stereocenters. The maximum Gasteiger partial charge on any atom is 0.272 e. The molecule has 6 nitrogen and oxygen atoms in total. The number of aromatic nitrogens is 3. The van der Waals surface area contributed by atoms with Gasteiger partial charge in [0, 0.05) is 36.6 Å². The lowest BCUT2D eigenvalue weighted by molar-refractivity contribution is 0.414. The van der Waals surface area contributed by atoms with Crippen LogP contribution in [0.2, 0.25) is 0 Å². The highest BCUT2D eigenvalue weighted by molar-refractivity contribution is 5.58. The summed E-state index contributed by atoms with van der Waals surface area (Å²) in [5, 5.41) is 2.87. The van der Waals surface area contributed by atoms with Crippen molar-refractivity contribution in [1.82, 2.24) is 14.6 Å². The summed E-state index contributed by atoms with van der Waals surface area (Å²) >= 11 is 0. The van der Waals surface area contributed by atoms with Crippen molar-refractivity contribution in [3.05, 3.63) is 58.1 Å². The molecule has 0 saturated carbocycles. The molecule has 1 aromatic carbocycles. The van der Waals surface area contributed by atoms with Gasteiger partial charge in [0.05, 0.1) is 19.3 Å². The van der Waals surface area contributed by atoms with Gasteiger partial charge < -0.3 is 9.64 Å². The van der Waals surface area contributed by atoms with E-state index in [0.717, 1.165) is 30.8 Å². The Kier molecular flexibility index (Phi) is 3.72. The molecule has 0 amide bonds. The Morgan fingerprint density at radius 1 is 1.25 bits per heavy atom. The number of anilines is 1. The minimum absolute atomic E-state index is 0.0827. The fraction of sp³-hybridized carbons (Fsp3) is 0.333. The van der Waals surface area contributed by atoms with Crippen molar-refractivity contribution >= 4 is 11.3 Å². The van der Waals surface area contributed by atoms with Crippen LogP contribution in [0.5, 0.6) is 5.75 Å². The van der Waals surface area contributed by atoms with Crippen LogP contribution < -0.4 is 15.2 Å². The summed E-state index contributed by atoms with van der Waals surface area (Å²) in [5.74, 6) is 0.856. The molecule has 2 aromatic heterocycles. The van der Waals surface area contributed by atoms with Gasteiger partial charge in [0.1, 0.15) is 5.75 Å². The number of rotatable bonds is 3. The van der Waals surface area contributed by atoms with Gasteiger partial charge in [-0.3, -0.25) is 9.89 Å². The van der Waals surface area contributed by atoms with Crippen LogP contribution >= 0.6 is 0 Å². The minimum atomic E-state index is -0.0827. The summed E-state index contributed by atoms with van der Waals surface area (Å²) in [4.78, 5) is 19.1. The van der Waals surface area contributed by atoms with E-state index in [2.05, 4.69) is 27.1 Å². The number of aryl methyl sites for hydroxylation is 1. The number of methoxy groups -OCH3 is 1. The Hall–Kier alpha value is -2.76. The van der Waals surface area contributed by atoms with Crippen LogP contribution in [0.4, 0.5) is 5.69 Å². The Balaban J connectivity index is 1.71. The van der Waals surface area contributed by atoms with E-state index in [9.17, 15) is 4.79 Å². The third-order valence-electron chi connectivity index (χ3n) is 4.54. The number of ether oxygens (including phenoxy) is 1. The number of nitrogens with zero attached hydrogens (tertiary/aromatic N) is 3. The van der Waals surface area contributed by atoms with E-state index in [1.165, 1.54) is 22.2 Å². The molecule has 0 spiro atoms. The van der Waals surface area contributed by atoms with Gasteiger partial charge in [-0.1, -0.05) is 6.07 Å². The first kappa shape index (κ1) is 14.8. The zero-order chi connectivity index (χ0) is 16.5. The lowest BCUT2D eigenvalue weighted by atomic mass is 10.1. The topological polar surface area (TPSA) is 62.6 Å². The molecule has 0 saturated heterocycles. The summed E-state index contributed by atoms with van der Waals surface area (Å²) in [7, 11) is 1.69. The van der Waals surface area contributed by atoms with Crippen molar-refractivity contribution in [3.63, 3.8) is 0 Å². The lowest BCUT2D eigenvalue weighted by Crippen LogP contribution is -2.26. The van der Waals surface area contributed by atoms with Crippen molar-refractivity contribution in [3.8, 4) is 5.75 Å². The Labute approximate surface area is 139 Å². The smallest absolute Gasteiger partial charge is 0.272 e. The van der Waals surface area contributed by atoms with Crippen molar-refractivity contribution in [2.75, 3.05) is 18.6 Å². The molecule has 0 aliphatic carbocycles. The lowest BCUT2D eigenvalue weighted by Gasteiger charge is -2.25. The molecule has 3 heterocycles. The first-order valence-corrected chi connectivity index (χ1v) is 8.22. The number of fused-ring (bicyclic) bond motifs is 2. The van der Waals surface area contributed by atoms with Gasteiger partial charge in [-0.05, 0) is 30.9 Å². The second kappa shape index (κ2) is 6.03. The number of benzene rings is 1. The molecule has 24 heavy (non-hydrogen) atoms. The summed E-state index contributed by atoms with van der Waals surface area (Å²) in [6, 6.07) is 9.66. The van der Waals surface area contributed by atoms with Gasteiger partial charge in [-0.2, -0.15) is 0 Å². The zero-order valence-electron chi connectivity index (χ0n) is 13.7. The molecular weight excluding hydrogens is 304 g/mol. The normalized spacial score (nSPS) is 14.5. The highest BCUT2D eigenvalue weighted by Gasteiger charge is 2.17. The second-order valence-electron chi connectivity index (χ2n) is 6.12. The van der Waals surface area contributed by atoms with Crippen molar-refractivity contribution in [1.29, 1.82) is 0 Å². The minimum Gasteiger partial charge on any atom is -0.497 e. The number of hydrogen-bond donors (Lipinski definition) is 1. The molecule has 1 aliphatic rings. The maximum absolute atomic E-state index is 12.2.